The Kier molecular flexibility index (Phi) is 3.02. The Labute approximate surface area is 115 Å². The number of carbonyl (C=O) groups is 3. The van der Waals surface area contributed by atoms with E-state index < -0.39 is 5.92 Å². The van der Waals surface area contributed by atoms with Crippen LogP contribution in [0.15, 0.2) is 30.3 Å². The van der Waals surface area contributed by atoms with Crippen molar-refractivity contribution in [2.24, 2.45) is 0 Å². The average molecular weight is 268 g/mol. The summed E-state index contributed by atoms with van der Waals surface area (Å²) >= 11 is 0. The van der Waals surface area contributed by atoms with Gasteiger partial charge in [-0.1, -0.05) is 18.2 Å². The molecule has 2 amide bonds. The fourth-order valence-corrected chi connectivity index (χ4v) is 2.47. The van der Waals surface area contributed by atoms with Crippen molar-refractivity contribution in [3.8, 4) is 0 Å². The van der Waals surface area contributed by atoms with Crippen LogP contribution in [0.25, 0.3) is 10.9 Å². The second kappa shape index (κ2) is 4.85. The summed E-state index contributed by atoms with van der Waals surface area (Å²) in [5.74, 6) is -0.952. The van der Waals surface area contributed by atoms with Gasteiger partial charge in [-0.25, -0.2) is 0 Å². The first-order valence-electron chi connectivity index (χ1n) is 6.37. The van der Waals surface area contributed by atoms with Crippen LogP contribution >= 0.6 is 0 Å². The third kappa shape index (κ3) is 2.07. The Bertz CT molecular complexity index is 724. The molecule has 1 fully saturated rings. The molecule has 0 bridgehead atoms. The van der Waals surface area contributed by atoms with Crippen LogP contribution in [0.2, 0.25) is 0 Å². The van der Waals surface area contributed by atoms with Gasteiger partial charge in [0.2, 0.25) is 11.8 Å². The van der Waals surface area contributed by atoms with Gasteiger partial charge in [-0.2, -0.15) is 0 Å². The van der Waals surface area contributed by atoms with Gasteiger partial charge >= 0.3 is 0 Å². The molecule has 0 aliphatic carbocycles. The van der Waals surface area contributed by atoms with E-state index in [2.05, 4.69) is 10.3 Å². The fourth-order valence-electron chi connectivity index (χ4n) is 2.47. The predicted molar refractivity (Wildman–Crippen MR) is 72.3 cm³/mol. The Morgan fingerprint density at radius 2 is 2.05 bits per heavy atom. The number of benzene rings is 1. The zero-order valence-electron chi connectivity index (χ0n) is 10.6. The molecule has 2 heterocycles. The van der Waals surface area contributed by atoms with Gasteiger partial charge in [-0.3, -0.25) is 24.7 Å². The fraction of sp³-hybridized carbons (Fsp3) is 0.200. The second-order valence-corrected chi connectivity index (χ2v) is 4.77. The molecule has 5 heteroatoms. The summed E-state index contributed by atoms with van der Waals surface area (Å²) in [6.45, 7) is 0. The maximum absolute atomic E-state index is 11.8. The smallest absolute Gasteiger partial charge is 0.235 e. The van der Waals surface area contributed by atoms with Crippen LogP contribution < -0.4 is 5.32 Å². The average Bonchev–Trinajstić information content (AvgIpc) is 2.46. The van der Waals surface area contributed by atoms with Gasteiger partial charge in [0.1, 0.15) is 0 Å². The lowest BCUT2D eigenvalue weighted by Crippen LogP contribution is -2.39. The molecule has 1 aliphatic heterocycles. The minimum Gasteiger partial charge on any atom is -0.298 e. The normalized spacial score (nSPS) is 18.9. The lowest BCUT2D eigenvalue weighted by Gasteiger charge is -2.20. The standard InChI is InChI=1S/C15H12N2O3/c18-8-9-2-1-3-12-10(9)4-6-13(16-12)11-5-7-14(19)17-15(11)20/h1-4,6,8,11H,5,7H2,(H,17,19,20). The molecule has 3 rings (SSSR count). The zero-order chi connectivity index (χ0) is 14.1. The van der Waals surface area contributed by atoms with Crippen LogP contribution in [0.4, 0.5) is 0 Å². The molecule has 1 atom stereocenters. The first-order valence-corrected chi connectivity index (χ1v) is 6.37. The van der Waals surface area contributed by atoms with Crippen molar-refractivity contribution in [2.45, 2.75) is 18.8 Å². The largest absolute Gasteiger partial charge is 0.298 e. The monoisotopic (exact) mass is 268 g/mol. The number of piperidine rings is 1. The number of amides is 2. The minimum absolute atomic E-state index is 0.240. The lowest BCUT2D eigenvalue weighted by atomic mass is 9.93. The van der Waals surface area contributed by atoms with Gasteiger partial charge in [-0.15, -0.1) is 0 Å². The Morgan fingerprint density at radius 3 is 2.80 bits per heavy atom. The van der Waals surface area contributed by atoms with E-state index in [-0.39, 0.29) is 11.8 Å². The highest BCUT2D eigenvalue weighted by atomic mass is 16.2. The number of aldehydes is 1. The molecular weight excluding hydrogens is 256 g/mol. The van der Waals surface area contributed by atoms with Gasteiger partial charge in [-0.05, 0) is 18.6 Å². The molecule has 100 valence electrons. The van der Waals surface area contributed by atoms with E-state index >= 15 is 0 Å². The van der Waals surface area contributed by atoms with E-state index in [9.17, 15) is 14.4 Å². The third-order valence-electron chi connectivity index (χ3n) is 3.51. The van der Waals surface area contributed by atoms with Crippen LogP contribution in [-0.2, 0) is 9.59 Å². The third-order valence-corrected chi connectivity index (χ3v) is 3.51. The van der Waals surface area contributed by atoms with Crippen molar-refractivity contribution in [1.82, 2.24) is 10.3 Å². The summed E-state index contributed by atoms with van der Waals surface area (Å²) in [6, 6.07) is 8.83. The topological polar surface area (TPSA) is 76.1 Å². The van der Waals surface area contributed by atoms with Crippen LogP contribution in [0.3, 0.4) is 0 Å². The minimum atomic E-state index is -0.406. The number of carbonyl (C=O) groups excluding carboxylic acids is 3. The summed E-state index contributed by atoms with van der Waals surface area (Å²) in [5, 5.41) is 3.09. The summed E-state index contributed by atoms with van der Waals surface area (Å²) in [4.78, 5) is 38.4. The molecule has 2 aromatic rings. The molecule has 1 N–H and O–H groups in total. The number of pyridine rings is 1. The van der Waals surface area contributed by atoms with E-state index in [0.717, 1.165) is 11.7 Å². The predicted octanol–water partition coefficient (Wildman–Crippen LogP) is 1.57. The molecule has 0 radical (unpaired) electrons. The van der Waals surface area contributed by atoms with Crippen molar-refractivity contribution in [3.63, 3.8) is 0 Å². The van der Waals surface area contributed by atoms with Crippen LogP contribution in [-0.4, -0.2) is 23.1 Å². The zero-order valence-corrected chi connectivity index (χ0v) is 10.6. The molecule has 1 aromatic heterocycles. The summed E-state index contributed by atoms with van der Waals surface area (Å²) < 4.78 is 0. The highest BCUT2D eigenvalue weighted by Gasteiger charge is 2.29. The molecule has 0 spiro atoms. The SMILES string of the molecule is O=Cc1cccc2nc(C3CCC(=O)NC3=O)ccc12. The molecule has 0 saturated carbocycles. The molecule has 1 aromatic carbocycles. The number of hydrogen-bond acceptors (Lipinski definition) is 4. The van der Waals surface area contributed by atoms with E-state index in [0.29, 0.717) is 29.6 Å². The van der Waals surface area contributed by atoms with E-state index in [1.165, 1.54) is 0 Å². The molecule has 1 saturated heterocycles. The van der Waals surface area contributed by atoms with Gasteiger partial charge in [0.25, 0.3) is 0 Å². The quantitative estimate of drug-likeness (QED) is 0.662. The van der Waals surface area contributed by atoms with Crippen LogP contribution in [0.1, 0.15) is 34.8 Å². The van der Waals surface area contributed by atoms with Crippen molar-refractivity contribution in [2.75, 3.05) is 0 Å². The van der Waals surface area contributed by atoms with Crippen LogP contribution in [0, 0.1) is 0 Å². The first kappa shape index (κ1) is 12.5. The second-order valence-electron chi connectivity index (χ2n) is 4.77. The van der Waals surface area contributed by atoms with E-state index in [1.54, 1.807) is 30.3 Å². The van der Waals surface area contributed by atoms with Crippen LogP contribution in [0.5, 0.6) is 0 Å². The summed E-state index contributed by atoms with van der Waals surface area (Å²) in [7, 11) is 0. The number of hydrogen-bond donors (Lipinski definition) is 1. The van der Waals surface area contributed by atoms with E-state index in [1.807, 2.05) is 0 Å². The molecule has 5 nitrogen and oxygen atoms in total. The molecule has 20 heavy (non-hydrogen) atoms. The summed E-state index contributed by atoms with van der Waals surface area (Å²) in [6.07, 6.45) is 1.58. The van der Waals surface area contributed by atoms with Gasteiger partial charge < -0.3 is 0 Å². The van der Waals surface area contributed by atoms with Crippen molar-refractivity contribution >= 4 is 29.0 Å². The Balaban J connectivity index is 2.03. The number of imide groups is 1. The van der Waals surface area contributed by atoms with Gasteiger partial charge in [0.05, 0.1) is 17.1 Å². The Morgan fingerprint density at radius 1 is 1.20 bits per heavy atom. The van der Waals surface area contributed by atoms with Gasteiger partial charge in [0, 0.05) is 17.4 Å². The number of nitrogens with zero attached hydrogens (tertiary/aromatic N) is 1. The maximum Gasteiger partial charge on any atom is 0.235 e. The highest BCUT2D eigenvalue weighted by molar-refractivity contribution is 6.01. The number of aromatic nitrogens is 1. The molecular formula is C15H12N2O3. The van der Waals surface area contributed by atoms with Crippen molar-refractivity contribution in [3.05, 3.63) is 41.6 Å². The summed E-state index contributed by atoms with van der Waals surface area (Å²) in [5.41, 5.74) is 1.88. The molecule has 1 unspecified atom stereocenters. The Hall–Kier alpha value is -2.56. The number of rotatable bonds is 2. The molecule has 1 aliphatic rings. The lowest BCUT2D eigenvalue weighted by molar-refractivity contribution is -0.134. The van der Waals surface area contributed by atoms with Crippen molar-refractivity contribution in [1.29, 1.82) is 0 Å². The number of nitrogens with one attached hydrogen (secondary N) is 1. The first-order chi connectivity index (χ1) is 9.69. The highest BCUT2D eigenvalue weighted by Crippen LogP contribution is 2.25. The maximum atomic E-state index is 11.8. The number of fused-ring (bicyclic) bond motifs is 1. The van der Waals surface area contributed by atoms with Crippen molar-refractivity contribution < 1.29 is 14.4 Å². The van der Waals surface area contributed by atoms with Gasteiger partial charge in [0.15, 0.2) is 6.29 Å². The van der Waals surface area contributed by atoms with E-state index in [4.69, 9.17) is 0 Å².